The maximum absolute atomic E-state index is 9.29. The Hall–Kier alpha value is -3.07. The average molecular weight is 251 g/mol. The molecule has 0 spiro atoms. The van der Waals surface area contributed by atoms with Crippen LogP contribution in [-0.2, 0) is 0 Å². The molecule has 0 amide bonds. The topological polar surface area (TPSA) is 112 Å². The summed E-state index contributed by atoms with van der Waals surface area (Å²) in [6, 6.07) is 10.2. The van der Waals surface area contributed by atoms with Crippen LogP contribution in [-0.4, -0.2) is 20.3 Å². The zero-order valence-electron chi connectivity index (χ0n) is 9.75. The maximum Gasteiger partial charge on any atom is 0.183 e. The van der Waals surface area contributed by atoms with Crippen LogP contribution in [0.5, 0.6) is 5.75 Å². The predicted molar refractivity (Wildman–Crippen MR) is 70.1 cm³/mol. The van der Waals surface area contributed by atoms with E-state index in [2.05, 4.69) is 21.3 Å². The number of aromatic nitrogens is 3. The molecule has 0 aliphatic rings. The molecule has 0 bridgehead atoms. The molecule has 0 aliphatic heterocycles. The molecule has 2 heterocycles. The van der Waals surface area contributed by atoms with Crippen LogP contribution < -0.4 is 5.73 Å². The number of nitrogen functional groups attached to an aromatic ring is 1. The Morgan fingerprint density at radius 2 is 2.00 bits per heavy atom. The van der Waals surface area contributed by atoms with E-state index in [4.69, 9.17) is 5.73 Å². The van der Waals surface area contributed by atoms with Gasteiger partial charge in [0.05, 0.1) is 16.6 Å². The fourth-order valence-corrected chi connectivity index (χ4v) is 1.89. The molecule has 19 heavy (non-hydrogen) atoms. The van der Waals surface area contributed by atoms with Crippen molar-refractivity contribution in [1.29, 1.82) is 5.26 Å². The van der Waals surface area contributed by atoms with Crippen LogP contribution in [0.3, 0.4) is 0 Å². The minimum atomic E-state index is 0.160. The first kappa shape index (κ1) is 11.0. The Morgan fingerprint density at radius 3 is 2.68 bits per heavy atom. The van der Waals surface area contributed by atoms with E-state index in [0.29, 0.717) is 28.1 Å². The lowest BCUT2D eigenvalue weighted by molar-refractivity contribution is 0.475. The number of nitriles is 1. The monoisotopic (exact) mass is 251 g/mol. The van der Waals surface area contributed by atoms with Gasteiger partial charge in [-0.3, -0.25) is 5.10 Å². The number of pyridine rings is 1. The van der Waals surface area contributed by atoms with Gasteiger partial charge in [-0.05, 0) is 30.3 Å². The molecule has 0 aliphatic carbocycles. The number of phenolic OH excluding ortho intramolecular Hbond substituents is 1. The van der Waals surface area contributed by atoms with Crippen LogP contribution in [0.2, 0.25) is 0 Å². The fraction of sp³-hybridized carbons (Fsp3) is 0. The van der Waals surface area contributed by atoms with Gasteiger partial charge in [-0.2, -0.15) is 10.4 Å². The standard InChI is InChI=1S/C13H9N5O/c14-6-8-5-10-12(15)17-18-13(10)16-11(8)7-1-3-9(19)4-2-7/h1-5,19H,(H3,15,16,17,18). The molecule has 2 aromatic heterocycles. The molecule has 0 unspecified atom stereocenters. The van der Waals surface area contributed by atoms with Gasteiger partial charge in [0.25, 0.3) is 0 Å². The molecule has 0 saturated carbocycles. The summed E-state index contributed by atoms with van der Waals surface area (Å²) in [5.74, 6) is 0.545. The van der Waals surface area contributed by atoms with E-state index in [0.717, 1.165) is 5.56 Å². The van der Waals surface area contributed by atoms with Gasteiger partial charge in [0.15, 0.2) is 5.65 Å². The van der Waals surface area contributed by atoms with Crippen molar-refractivity contribution in [3.8, 4) is 23.1 Å². The van der Waals surface area contributed by atoms with E-state index in [1.807, 2.05) is 0 Å². The zero-order valence-corrected chi connectivity index (χ0v) is 9.75. The molecule has 4 N–H and O–H groups in total. The second-order valence-electron chi connectivity index (χ2n) is 4.05. The number of nitrogens with zero attached hydrogens (tertiary/aromatic N) is 3. The van der Waals surface area contributed by atoms with Gasteiger partial charge in [-0.25, -0.2) is 4.98 Å². The minimum Gasteiger partial charge on any atom is -0.508 e. The molecule has 3 rings (SSSR count). The molecule has 1 aromatic carbocycles. The molecular formula is C13H9N5O. The average Bonchev–Trinajstić information content (AvgIpc) is 2.79. The van der Waals surface area contributed by atoms with Crippen LogP contribution in [0.25, 0.3) is 22.3 Å². The second kappa shape index (κ2) is 3.99. The van der Waals surface area contributed by atoms with Crippen LogP contribution in [0, 0.1) is 11.3 Å². The number of H-pyrrole nitrogens is 1. The van der Waals surface area contributed by atoms with Gasteiger partial charge in [0.2, 0.25) is 0 Å². The highest BCUT2D eigenvalue weighted by molar-refractivity contribution is 5.89. The normalized spacial score (nSPS) is 10.5. The Bertz CT molecular complexity index is 798. The molecule has 0 fully saturated rings. The van der Waals surface area contributed by atoms with Gasteiger partial charge < -0.3 is 10.8 Å². The highest BCUT2D eigenvalue weighted by atomic mass is 16.3. The van der Waals surface area contributed by atoms with Crippen molar-refractivity contribution in [3.63, 3.8) is 0 Å². The van der Waals surface area contributed by atoms with Crippen molar-refractivity contribution >= 4 is 16.9 Å². The third-order valence-electron chi connectivity index (χ3n) is 2.84. The van der Waals surface area contributed by atoms with Crippen LogP contribution >= 0.6 is 0 Å². The highest BCUT2D eigenvalue weighted by Crippen LogP contribution is 2.27. The van der Waals surface area contributed by atoms with E-state index in [1.165, 1.54) is 0 Å². The zero-order chi connectivity index (χ0) is 13.4. The van der Waals surface area contributed by atoms with E-state index in [1.54, 1.807) is 30.3 Å². The van der Waals surface area contributed by atoms with E-state index in [-0.39, 0.29) is 5.75 Å². The van der Waals surface area contributed by atoms with Gasteiger partial charge in [-0.1, -0.05) is 0 Å². The van der Waals surface area contributed by atoms with Crippen molar-refractivity contribution in [2.24, 2.45) is 0 Å². The minimum absolute atomic E-state index is 0.160. The molecule has 3 aromatic rings. The summed E-state index contributed by atoms with van der Waals surface area (Å²) in [5, 5.41) is 25.7. The molecule has 92 valence electrons. The predicted octanol–water partition coefficient (Wildman–Crippen LogP) is 1.78. The number of nitrogens with two attached hydrogens (primary N) is 1. The van der Waals surface area contributed by atoms with Crippen molar-refractivity contribution in [2.75, 3.05) is 5.73 Å². The van der Waals surface area contributed by atoms with Crippen molar-refractivity contribution in [1.82, 2.24) is 15.2 Å². The Morgan fingerprint density at radius 1 is 1.26 bits per heavy atom. The third-order valence-corrected chi connectivity index (χ3v) is 2.84. The maximum atomic E-state index is 9.29. The molecule has 0 saturated heterocycles. The summed E-state index contributed by atoms with van der Waals surface area (Å²) in [5.41, 5.74) is 7.82. The highest BCUT2D eigenvalue weighted by Gasteiger charge is 2.12. The number of fused-ring (bicyclic) bond motifs is 1. The van der Waals surface area contributed by atoms with Gasteiger partial charge >= 0.3 is 0 Å². The van der Waals surface area contributed by atoms with Gasteiger partial charge in [0.1, 0.15) is 17.6 Å². The number of aromatic amines is 1. The fourth-order valence-electron chi connectivity index (χ4n) is 1.89. The van der Waals surface area contributed by atoms with Gasteiger partial charge in [0, 0.05) is 5.56 Å². The molecule has 6 heteroatoms. The first-order valence-electron chi connectivity index (χ1n) is 5.53. The summed E-state index contributed by atoms with van der Waals surface area (Å²) >= 11 is 0. The Labute approximate surface area is 108 Å². The first-order valence-corrected chi connectivity index (χ1v) is 5.53. The number of hydrogen-bond acceptors (Lipinski definition) is 5. The number of benzene rings is 1. The number of aromatic hydroxyl groups is 1. The number of nitrogens with one attached hydrogen (secondary N) is 1. The SMILES string of the molecule is N#Cc1cc2c(N)[nH]nc2nc1-c1ccc(O)cc1. The summed E-state index contributed by atoms with van der Waals surface area (Å²) < 4.78 is 0. The van der Waals surface area contributed by atoms with Crippen molar-refractivity contribution in [2.45, 2.75) is 0 Å². The molecule has 0 atom stereocenters. The van der Waals surface area contributed by atoms with E-state index >= 15 is 0 Å². The Balaban J connectivity index is 2.28. The van der Waals surface area contributed by atoms with Crippen LogP contribution in [0.15, 0.2) is 30.3 Å². The smallest absolute Gasteiger partial charge is 0.183 e. The van der Waals surface area contributed by atoms with Crippen LogP contribution in [0.4, 0.5) is 5.82 Å². The van der Waals surface area contributed by atoms with E-state index in [9.17, 15) is 10.4 Å². The van der Waals surface area contributed by atoms with Gasteiger partial charge in [-0.15, -0.1) is 0 Å². The number of anilines is 1. The summed E-state index contributed by atoms with van der Waals surface area (Å²) in [4.78, 5) is 4.34. The summed E-state index contributed by atoms with van der Waals surface area (Å²) in [7, 11) is 0. The molecular weight excluding hydrogens is 242 g/mol. The summed E-state index contributed by atoms with van der Waals surface area (Å²) in [6.07, 6.45) is 0. The van der Waals surface area contributed by atoms with Crippen LogP contribution in [0.1, 0.15) is 5.56 Å². The lowest BCUT2D eigenvalue weighted by atomic mass is 10.1. The lowest BCUT2D eigenvalue weighted by Crippen LogP contribution is -1.91. The molecule has 6 nitrogen and oxygen atoms in total. The largest absolute Gasteiger partial charge is 0.508 e. The first-order chi connectivity index (χ1) is 9.19. The number of hydrogen-bond donors (Lipinski definition) is 3. The number of phenols is 1. The quantitative estimate of drug-likeness (QED) is 0.610. The third kappa shape index (κ3) is 1.73. The molecule has 0 radical (unpaired) electrons. The van der Waals surface area contributed by atoms with Crippen molar-refractivity contribution in [3.05, 3.63) is 35.9 Å². The van der Waals surface area contributed by atoms with Crippen molar-refractivity contribution < 1.29 is 5.11 Å². The second-order valence-corrected chi connectivity index (χ2v) is 4.05. The summed E-state index contributed by atoms with van der Waals surface area (Å²) in [6.45, 7) is 0. The Kier molecular flexibility index (Phi) is 2.32. The van der Waals surface area contributed by atoms with E-state index < -0.39 is 0 Å². The number of rotatable bonds is 1. The lowest BCUT2D eigenvalue weighted by Gasteiger charge is -2.03.